The average molecular weight is 188 g/mol. The maximum absolute atomic E-state index is 11.4. The van der Waals surface area contributed by atoms with Crippen LogP contribution in [0, 0.1) is 10.8 Å². The molecule has 12 heavy (non-hydrogen) atoms. The number of thioether (sulfide) groups is 1. The molecule has 2 rings (SSSR count). The van der Waals surface area contributed by atoms with E-state index in [1.165, 1.54) is 0 Å². The molecule has 2 aliphatic heterocycles. The van der Waals surface area contributed by atoms with Gasteiger partial charge in [-0.15, -0.1) is 0 Å². The maximum Gasteiger partial charge on any atom is 0.313 e. The third kappa shape index (κ3) is 0.746. The highest BCUT2D eigenvalue weighted by molar-refractivity contribution is 7.99. The number of cyclic esters (lactones) is 1. The lowest BCUT2D eigenvalue weighted by Gasteiger charge is -2.29. The van der Waals surface area contributed by atoms with Crippen LogP contribution in [0.15, 0.2) is 0 Å². The summed E-state index contributed by atoms with van der Waals surface area (Å²) in [5.74, 6) is 1.49. The van der Waals surface area contributed by atoms with Crippen LogP contribution in [0.2, 0.25) is 0 Å². The van der Waals surface area contributed by atoms with Crippen molar-refractivity contribution in [2.75, 3.05) is 24.7 Å². The minimum absolute atomic E-state index is 0.0578. The van der Waals surface area contributed by atoms with E-state index in [9.17, 15) is 9.90 Å². The summed E-state index contributed by atoms with van der Waals surface area (Å²) < 4.78 is 5.00. The molecule has 0 aromatic heterocycles. The van der Waals surface area contributed by atoms with Gasteiger partial charge in [-0.25, -0.2) is 0 Å². The summed E-state index contributed by atoms with van der Waals surface area (Å²) in [4.78, 5) is 11.4. The summed E-state index contributed by atoms with van der Waals surface area (Å²) >= 11 is 1.73. The minimum Gasteiger partial charge on any atom is -0.464 e. The summed E-state index contributed by atoms with van der Waals surface area (Å²) in [7, 11) is 0. The Bertz CT molecular complexity index is 230. The van der Waals surface area contributed by atoms with Gasteiger partial charge in [-0.2, -0.15) is 11.8 Å². The lowest BCUT2D eigenvalue weighted by Crippen LogP contribution is -2.42. The van der Waals surface area contributed by atoms with E-state index in [0.717, 1.165) is 11.5 Å². The molecule has 2 aliphatic rings. The van der Waals surface area contributed by atoms with Crippen LogP contribution < -0.4 is 0 Å². The molecule has 0 unspecified atom stereocenters. The molecule has 0 aliphatic carbocycles. The number of carbonyl (C=O) groups excluding carboxylic acids is 1. The number of carbonyl (C=O) groups is 1. The van der Waals surface area contributed by atoms with Crippen molar-refractivity contribution in [2.24, 2.45) is 10.8 Å². The van der Waals surface area contributed by atoms with Crippen LogP contribution in [0.25, 0.3) is 0 Å². The second-order valence-electron chi connectivity index (χ2n) is 3.84. The Morgan fingerprint density at radius 3 is 3.00 bits per heavy atom. The molecule has 2 atom stereocenters. The molecular weight excluding hydrogens is 176 g/mol. The predicted octanol–water partition coefficient (Wildman–Crippen LogP) is 0.275. The highest BCUT2D eigenvalue weighted by Gasteiger charge is 2.62. The smallest absolute Gasteiger partial charge is 0.313 e. The molecular formula is C8H12O3S. The number of esters is 1. The Balaban J connectivity index is 2.39. The predicted molar refractivity (Wildman–Crippen MR) is 45.9 cm³/mol. The van der Waals surface area contributed by atoms with Crippen LogP contribution in [0.4, 0.5) is 0 Å². The zero-order valence-electron chi connectivity index (χ0n) is 7.00. The van der Waals surface area contributed by atoms with Gasteiger partial charge in [0, 0.05) is 11.5 Å². The molecule has 2 fully saturated rings. The first-order chi connectivity index (χ1) is 5.65. The minimum atomic E-state index is -0.438. The molecule has 3 nitrogen and oxygen atoms in total. The first-order valence-corrected chi connectivity index (χ1v) is 5.16. The van der Waals surface area contributed by atoms with E-state index in [-0.39, 0.29) is 18.0 Å². The molecule has 0 spiro atoms. The zero-order chi connectivity index (χ0) is 8.82. The summed E-state index contributed by atoms with van der Waals surface area (Å²) in [6.07, 6.45) is 0. The van der Waals surface area contributed by atoms with Crippen LogP contribution >= 0.6 is 11.8 Å². The van der Waals surface area contributed by atoms with Crippen LogP contribution in [0.1, 0.15) is 6.92 Å². The second-order valence-corrected chi connectivity index (χ2v) is 4.83. The van der Waals surface area contributed by atoms with Gasteiger partial charge >= 0.3 is 5.97 Å². The fourth-order valence-corrected chi connectivity index (χ4v) is 3.69. The average Bonchev–Trinajstić information content (AvgIpc) is 2.50. The molecule has 68 valence electrons. The molecule has 0 saturated carbocycles. The third-order valence-electron chi connectivity index (χ3n) is 3.17. The molecule has 2 saturated heterocycles. The van der Waals surface area contributed by atoms with Gasteiger partial charge in [-0.1, -0.05) is 0 Å². The van der Waals surface area contributed by atoms with Crippen molar-refractivity contribution in [1.29, 1.82) is 0 Å². The van der Waals surface area contributed by atoms with Crippen molar-refractivity contribution < 1.29 is 14.6 Å². The van der Waals surface area contributed by atoms with E-state index in [1.54, 1.807) is 11.8 Å². The molecule has 4 heteroatoms. The zero-order valence-corrected chi connectivity index (χ0v) is 7.82. The van der Waals surface area contributed by atoms with Gasteiger partial charge in [0.1, 0.15) is 6.61 Å². The van der Waals surface area contributed by atoms with E-state index in [0.29, 0.717) is 6.61 Å². The van der Waals surface area contributed by atoms with Gasteiger partial charge in [-0.3, -0.25) is 4.79 Å². The number of hydrogen-bond acceptors (Lipinski definition) is 4. The van der Waals surface area contributed by atoms with Gasteiger partial charge in [0.25, 0.3) is 0 Å². The van der Waals surface area contributed by atoms with Gasteiger partial charge in [0.05, 0.1) is 17.4 Å². The fraction of sp³-hybridized carbons (Fsp3) is 0.875. The number of rotatable bonds is 1. The molecule has 2 heterocycles. The van der Waals surface area contributed by atoms with Crippen molar-refractivity contribution in [3.05, 3.63) is 0 Å². The first-order valence-electron chi connectivity index (χ1n) is 4.00. The van der Waals surface area contributed by atoms with E-state index in [2.05, 4.69) is 0 Å². The molecule has 0 amide bonds. The largest absolute Gasteiger partial charge is 0.464 e. The Kier molecular flexibility index (Phi) is 1.67. The van der Waals surface area contributed by atoms with Crippen molar-refractivity contribution in [3.63, 3.8) is 0 Å². The quantitative estimate of drug-likeness (QED) is 0.600. The highest BCUT2D eigenvalue weighted by Crippen LogP contribution is 2.54. The summed E-state index contributed by atoms with van der Waals surface area (Å²) in [5.41, 5.74) is -0.735. The van der Waals surface area contributed by atoms with E-state index in [1.807, 2.05) is 6.92 Å². The number of fused-ring (bicyclic) bond motifs is 1. The summed E-state index contributed by atoms with van der Waals surface area (Å²) in [6.45, 7) is 2.35. The standard InChI is InChI=1S/C8H12O3S/c1-7-4-12-5-8(7,2-9)3-11-6(7)10/h9H,2-5H2,1H3/t7-,8-/m1/s1. The van der Waals surface area contributed by atoms with Crippen molar-refractivity contribution in [2.45, 2.75) is 6.92 Å². The lowest BCUT2D eigenvalue weighted by atomic mass is 9.69. The monoisotopic (exact) mass is 188 g/mol. The third-order valence-corrected chi connectivity index (χ3v) is 4.71. The van der Waals surface area contributed by atoms with Gasteiger partial charge in [0.2, 0.25) is 0 Å². The molecule has 0 radical (unpaired) electrons. The van der Waals surface area contributed by atoms with Crippen LogP contribution in [-0.4, -0.2) is 35.8 Å². The normalized spacial score (nSPS) is 46.0. The Labute approximate surface area is 75.5 Å². The Hall–Kier alpha value is -0.220. The SMILES string of the molecule is C[C@]12CSC[C@@]1(CO)COC2=O. The maximum atomic E-state index is 11.4. The lowest BCUT2D eigenvalue weighted by molar-refractivity contribution is -0.145. The topological polar surface area (TPSA) is 46.5 Å². The van der Waals surface area contributed by atoms with Gasteiger partial charge < -0.3 is 9.84 Å². The van der Waals surface area contributed by atoms with Crippen LogP contribution in [0.5, 0.6) is 0 Å². The Morgan fingerprint density at radius 2 is 2.42 bits per heavy atom. The molecule has 0 bridgehead atoms. The van der Waals surface area contributed by atoms with Gasteiger partial charge in [0.15, 0.2) is 0 Å². The van der Waals surface area contributed by atoms with E-state index in [4.69, 9.17) is 4.74 Å². The van der Waals surface area contributed by atoms with E-state index < -0.39 is 5.41 Å². The fourth-order valence-electron chi connectivity index (χ4n) is 1.87. The van der Waals surface area contributed by atoms with Crippen LogP contribution in [-0.2, 0) is 9.53 Å². The number of aliphatic hydroxyl groups is 1. The number of ether oxygens (including phenoxy) is 1. The van der Waals surface area contributed by atoms with Crippen LogP contribution in [0.3, 0.4) is 0 Å². The van der Waals surface area contributed by atoms with Crippen molar-refractivity contribution in [1.82, 2.24) is 0 Å². The molecule has 0 aromatic carbocycles. The highest BCUT2D eigenvalue weighted by atomic mass is 32.2. The summed E-state index contributed by atoms with van der Waals surface area (Å²) in [5, 5.41) is 9.26. The molecule has 0 aromatic rings. The van der Waals surface area contributed by atoms with Gasteiger partial charge in [-0.05, 0) is 6.92 Å². The Morgan fingerprint density at radius 1 is 1.67 bits per heavy atom. The molecule has 1 N–H and O–H groups in total. The van der Waals surface area contributed by atoms with Crippen molar-refractivity contribution in [3.8, 4) is 0 Å². The number of aliphatic hydroxyl groups excluding tert-OH is 1. The number of hydrogen-bond donors (Lipinski definition) is 1. The van der Waals surface area contributed by atoms with Crippen molar-refractivity contribution >= 4 is 17.7 Å². The summed E-state index contributed by atoms with van der Waals surface area (Å²) in [6, 6.07) is 0. The second kappa shape index (κ2) is 2.39. The first kappa shape index (κ1) is 8.38. The van der Waals surface area contributed by atoms with E-state index >= 15 is 0 Å².